The SMILES string of the molecule is Cl.NCc1ccc(-c2ccc(OCc3ccccc3)nc2)cc1C(F)(F)F. The van der Waals surface area contributed by atoms with Gasteiger partial charge in [0.1, 0.15) is 6.61 Å². The number of benzene rings is 2. The van der Waals surface area contributed by atoms with Crippen LogP contribution in [0.1, 0.15) is 16.7 Å². The van der Waals surface area contributed by atoms with Crippen LogP contribution in [0.3, 0.4) is 0 Å². The highest BCUT2D eigenvalue weighted by atomic mass is 35.5. The lowest BCUT2D eigenvalue weighted by atomic mass is 10.00. The number of halogens is 4. The molecule has 7 heteroatoms. The molecule has 0 radical (unpaired) electrons. The predicted octanol–water partition coefficient (Wildman–Crippen LogP) is 5.23. The van der Waals surface area contributed by atoms with E-state index < -0.39 is 11.7 Å². The predicted molar refractivity (Wildman–Crippen MR) is 101 cm³/mol. The molecule has 0 saturated heterocycles. The first-order valence-corrected chi connectivity index (χ1v) is 8.00. The molecule has 142 valence electrons. The molecule has 1 heterocycles. The van der Waals surface area contributed by atoms with Crippen LogP contribution in [0.15, 0.2) is 66.9 Å². The van der Waals surface area contributed by atoms with Crippen LogP contribution in [-0.2, 0) is 19.3 Å². The summed E-state index contributed by atoms with van der Waals surface area (Å²) >= 11 is 0. The van der Waals surface area contributed by atoms with Crippen molar-refractivity contribution in [2.75, 3.05) is 0 Å². The zero-order chi connectivity index (χ0) is 18.6. The molecule has 3 rings (SSSR count). The Balaban J connectivity index is 0.00000261. The zero-order valence-electron chi connectivity index (χ0n) is 14.2. The van der Waals surface area contributed by atoms with Gasteiger partial charge in [0.15, 0.2) is 0 Å². The molecule has 2 aromatic carbocycles. The van der Waals surface area contributed by atoms with E-state index in [9.17, 15) is 13.2 Å². The normalized spacial score (nSPS) is 11.0. The fourth-order valence-electron chi connectivity index (χ4n) is 2.57. The quantitative estimate of drug-likeness (QED) is 0.644. The van der Waals surface area contributed by atoms with Crippen molar-refractivity contribution in [2.45, 2.75) is 19.3 Å². The van der Waals surface area contributed by atoms with Crippen molar-refractivity contribution in [2.24, 2.45) is 5.73 Å². The first-order valence-electron chi connectivity index (χ1n) is 8.00. The lowest BCUT2D eigenvalue weighted by molar-refractivity contribution is -0.138. The summed E-state index contributed by atoms with van der Waals surface area (Å²) in [6.45, 7) is 0.205. The molecule has 0 saturated carbocycles. The summed E-state index contributed by atoms with van der Waals surface area (Å²) in [5, 5.41) is 0. The highest BCUT2D eigenvalue weighted by molar-refractivity contribution is 5.85. The van der Waals surface area contributed by atoms with E-state index in [4.69, 9.17) is 10.5 Å². The van der Waals surface area contributed by atoms with Gasteiger partial charge in [0.2, 0.25) is 5.88 Å². The van der Waals surface area contributed by atoms with Crippen molar-refractivity contribution >= 4 is 12.4 Å². The third kappa shape index (κ3) is 5.21. The number of pyridine rings is 1. The van der Waals surface area contributed by atoms with Crippen LogP contribution in [-0.4, -0.2) is 4.98 Å². The topological polar surface area (TPSA) is 48.1 Å². The highest BCUT2D eigenvalue weighted by Crippen LogP contribution is 2.35. The summed E-state index contributed by atoms with van der Waals surface area (Å²) in [7, 11) is 0. The Morgan fingerprint density at radius 2 is 1.63 bits per heavy atom. The fourth-order valence-corrected chi connectivity index (χ4v) is 2.57. The molecule has 0 aliphatic carbocycles. The molecule has 0 atom stereocenters. The molecule has 0 bridgehead atoms. The number of aromatic nitrogens is 1. The van der Waals surface area contributed by atoms with Gasteiger partial charge in [-0.2, -0.15) is 13.2 Å². The molecular weight excluding hydrogens is 377 g/mol. The first-order chi connectivity index (χ1) is 12.5. The van der Waals surface area contributed by atoms with E-state index in [1.807, 2.05) is 30.3 Å². The molecule has 27 heavy (non-hydrogen) atoms. The third-order valence-corrected chi connectivity index (χ3v) is 3.93. The van der Waals surface area contributed by atoms with E-state index >= 15 is 0 Å². The zero-order valence-corrected chi connectivity index (χ0v) is 15.1. The van der Waals surface area contributed by atoms with Gasteiger partial charge in [-0.3, -0.25) is 0 Å². The molecule has 0 unspecified atom stereocenters. The number of nitrogens with two attached hydrogens (primary N) is 1. The first kappa shape index (κ1) is 20.7. The van der Waals surface area contributed by atoms with Crippen molar-refractivity contribution in [1.29, 1.82) is 0 Å². The maximum absolute atomic E-state index is 13.2. The van der Waals surface area contributed by atoms with E-state index in [0.29, 0.717) is 23.6 Å². The molecular formula is C20H18ClF3N2O. The van der Waals surface area contributed by atoms with Crippen molar-refractivity contribution in [3.05, 3.63) is 83.6 Å². The standard InChI is InChI=1S/C20H17F3N2O.ClH/c21-20(22,23)18-10-15(6-7-16(18)11-24)17-8-9-19(25-12-17)26-13-14-4-2-1-3-5-14;/h1-10,12H,11,13,24H2;1H. The average Bonchev–Trinajstić information content (AvgIpc) is 2.66. The second kappa shape index (κ2) is 8.88. The highest BCUT2D eigenvalue weighted by Gasteiger charge is 2.33. The maximum Gasteiger partial charge on any atom is 0.416 e. The van der Waals surface area contributed by atoms with Crippen LogP contribution in [0.4, 0.5) is 13.2 Å². The number of hydrogen-bond acceptors (Lipinski definition) is 3. The Labute approximate surface area is 161 Å². The third-order valence-electron chi connectivity index (χ3n) is 3.93. The largest absolute Gasteiger partial charge is 0.473 e. The van der Waals surface area contributed by atoms with Crippen LogP contribution in [0, 0.1) is 0 Å². The van der Waals surface area contributed by atoms with Crippen molar-refractivity contribution < 1.29 is 17.9 Å². The van der Waals surface area contributed by atoms with Gasteiger partial charge in [-0.05, 0) is 28.8 Å². The molecule has 1 aromatic heterocycles. The van der Waals surface area contributed by atoms with E-state index in [1.165, 1.54) is 12.3 Å². The van der Waals surface area contributed by atoms with Gasteiger partial charge in [-0.15, -0.1) is 12.4 Å². The van der Waals surface area contributed by atoms with Crippen LogP contribution in [0.5, 0.6) is 5.88 Å². The Morgan fingerprint density at radius 1 is 0.926 bits per heavy atom. The number of alkyl halides is 3. The van der Waals surface area contributed by atoms with Crippen molar-refractivity contribution in [1.82, 2.24) is 4.98 Å². The summed E-state index contributed by atoms with van der Waals surface area (Å²) in [6, 6.07) is 17.1. The summed E-state index contributed by atoms with van der Waals surface area (Å²) in [4.78, 5) is 4.18. The maximum atomic E-state index is 13.2. The van der Waals surface area contributed by atoms with Crippen LogP contribution >= 0.6 is 12.4 Å². The van der Waals surface area contributed by atoms with Gasteiger partial charge >= 0.3 is 6.18 Å². The second-order valence-electron chi connectivity index (χ2n) is 5.73. The molecule has 0 spiro atoms. The Kier molecular flexibility index (Phi) is 6.82. The lowest BCUT2D eigenvalue weighted by Gasteiger charge is -2.13. The molecule has 3 nitrogen and oxygen atoms in total. The number of nitrogens with zero attached hydrogens (tertiary/aromatic N) is 1. The van der Waals surface area contributed by atoms with E-state index in [2.05, 4.69) is 4.98 Å². The van der Waals surface area contributed by atoms with Crippen LogP contribution in [0.2, 0.25) is 0 Å². The molecule has 3 aromatic rings. The molecule has 0 aliphatic heterocycles. The summed E-state index contributed by atoms with van der Waals surface area (Å²) in [6.07, 6.45) is -2.95. The lowest BCUT2D eigenvalue weighted by Crippen LogP contribution is -2.12. The molecule has 0 fully saturated rings. The number of rotatable bonds is 5. The van der Waals surface area contributed by atoms with Crippen molar-refractivity contribution in [3.8, 4) is 17.0 Å². The van der Waals surface area contributed by atoms with E-state index in [-0.39, 0.29) is 24.5 Å². The van der Waals surface area contributed by atoms with Crippen molar-refractivity contribution in [3.63, 3.8) is 0 Å². The van der Waals surface area contributed by atoms with Gasteiger partial charge in [0, 0.05) is 24.4 Å². The summed E-state index contributed by atoms with van der Waals surface area (Å²) in [5.74, 6) is 0.409. The monoisotopic (exact) mass is 394 g/mol. The summed E-state index contributed by atoms with van der Waals surface area (Å²) < 4.78 is 45.1. The average molecular weight is 395 g/mol. The molecule has 0 aliphatic rings. The Hall–Kier alpha value is -2.57. The molecule has 2 N–H and O–H groups in total. The minimum absolute atomic E-state index is 0. The number of hydrogen-bond donors (Lipinski definition) is 1. The van der Waals surface area contributed by atoms with Gasteiger partial charge in [0.25, 0.3) is 0 Å². The fraction of sp³-hybridized carbons (Fsp3) is 0.150. The van der Waals surface area contributed by atoms with Gasteiger partial charge < -0.3 is 10.5 Å². The van der Waals surface area contributed by atoms with E-state index in [1.54, 1.807) is 18.2 Å². The summed E-state index contributed by atoms with van der Waals surface area (Å²) in [5.41, 5.74) is 6.76. The van der Waals surface area contributed by atoms with Gasteiger partial charge in [-0.1, -0.05) is 42.5 Å². The number of ether oxygens (including phenoxy) is 1. The smallest absolute Gasteiger partial charge is 0.416 e. The Morgan fingerprint density at radius 3 is 2.22 bits per heavy atom. The van der Waals surface area contributed by atoms with Crippen LogP contribution < -0.4 is 10.5 Å². The van der Waals surface area contributed by atoms with Gasteiger partial charge in [0.05, 0.1) is 5.56 Å². The minimum Gasteiger partial charge on any atom is -0.473 e. The minimum atomic E-state index is -4.45. The molecule has 0 amide bonds. The van der Waals surface area contributed by atoms with E-state index in [0.717, 1.165) is 11.6 Å². The second-order valence-corrected chi connectivity index (χ2v) is 5.73. The van der Waals surface area contributed by atoms with Gasteiger partial charge in [-0.25, -0.2) is 4.98 Å². The Bertz CT molecular complexity index is 869. The van der Waals surface area contributed by atoms with Crippen LogP contribution in [0.25, 0.3) is 11.1 Å².